The van der Waals surface area contributed by atoms with E-state index in [1.807, 2.05) is 0 Å². The molecule has 0 spiro atoms. The number of hydrogen-bond acceptors (Lipinski definition) is 4. The van der Waals surface area contributed by atoms with Crippen molar-refractivity contribution in [2.75, 3.05) is 24.2 Å². The molecule has 0 aliphatic heterocycles. The Morgan fingerprint density at radius 3 is 3.08 bits per heavy atom. The molecule has 4 heteroatoms. The Balaban J connectivity index is 2.46. The van der Waals surface area contributed by atoms with Crippen LogP contribution in [-0.4, -0.2) is 23.2 Å². The summed E-state index contributed by atoms with van der Waals surface area (Å²) >= 11 is 0. The van der Waals surface area contributed by atoms with Gasteiger partial charge in [-0.15, -0.1) is 0 Å². The third-order valence-electron chi connectivity index (χ3n) is 1.51. The van der Waals surface area contributed by atoms with Crippen molar-refractivity contribution in [2.24, 2.45) is 0 Å². The summed E-state index contributed by atoms with van der Waals surface area (Å²) in [6.07, 6.45) is 4.04. The fourth-order valence-corrected chi connectivity index (χ4v) is 0.855. The second-order valence-corrected chi connectivity index (χ2v) is 2.47. The maximum atomic E-state index is 8.53. The minimum Gasteiger partial charge on any atom is -0.397 e. The van der Waals surface area contributed by atoms with E-state index in [1.165, 1.54) is 0 Å². The lowest BCUT2D eigenvalue weighted by Crippen LogP contribution is -2.05. The molecule has 66 valence electrons. The second kappa shape index (κ2) is 4.56. The fraction of sp³-hybridized carbons (Fsp3) is 0.375. The topological polar surface area (TPSA) is 71.2 Å². The summed E-state index contributed by atoms with van der Waals surface area (Å²) in [6.45, 7) is 0.902. The van der Waals surface area contributed by atoms with Gasteiger partial charge in [0.05, 0.1) is 17.6 Å². The van der Waals surface area contributed by atoms with E-state index < -0.39 is 0 Å². The molecule has 12 heavy (non-hydrogen) atoms. The van der Waals surface area contributed by atoms with Crippen LogP contribution in [0.1, 0.15) is 6.42 Å². The van der Waals surface area contributed by atoms with Gasteiger partial charge in [0, 0.05) is 19.3 Å². The van der Waals surface area contributed by atoms with E-state index in [-0.39, 0.29) is 6.61 Å². The Labute approximate surface area is 71.4 Å². The van der Waals surface area contributed by atoms with E-state index in [9.17, 15) is 0 Å². The number of nitrogens with one attached hydrogen (secondary N) is 1. The first-order chi connectivity index (χ1) is 5.84. The number of aliphatic hydroxyl groups excluding tert-OH is 1. The number of nitrogens with two attached hydrogens (primary N) is 1. The number of pyridine rings is 1. The molecule has 1 aromatic rings. The van der Waals surface area contributed by atoms with Crippen LogP contribution in [0.2, 0.25) is 0 Å². The van der Waals surface area contributed by atoms with E-state index >= 15 is 0 Å². The van der Waals surface area contributed by atoms with Gasteiger partial charge in [0.2, 0.25) is 0 Å². The molecular weight excluding hydrogens is 154 g/mol. The predicted molar refractivity (Wildman–Crippen MR) is 48.8 cm³/mol. The molecule has 1 aromatic heterocycles. The largest absolute Gasteiger partial charge is 0.397 e. The van der Waals surface area contributed by atoms with Crippen LogP contribution in [0.5, 0.6) is 0 Å². The summed E-state index contributed by atoms with van der Waals surface area (Å²) in [5.41, 5.74) is 7.15. The monoisotopic (exact) mass is 167 g/mol. The Hall–Kier alpha value is -1.29. The van der Waals surface area contributed by atoms with Crippen LogP contribution in [0.4, 0.5) is 11.4 Å². The molecule has 0 radical (unpaired) electrons. The van der Waals surface area contributed by atoms with Crippen molar-refractivity contribution in [3.8, 4) is 0 Å². The molecule has 0 saturated heterocycles. The summed E-state index contributed by atoms with van der Waals surface area (Å²) in [5, 5.41) is 11.6. The quantitative estimate of drug-likeness (QED) is 0.570. The van der Waals surface area contributed by atoms with Crippen LogP contribution in [0.25, 0.3) is 0 Å². The Kier molecular flexibility index (Phi) is 3.35. The van der Waals surface area contributed by atoms with Gasteiger partial charge in [-0.1, -0.05) is 0 Å². The van der Waals surface area contributed by atoms with Gasteiger partial charge in [-0.3, -0.25) is 4.98 Å². The predicted octanol–water partition coefficient (Wildman–Crippen LogP) is 0.458. The van der Waals surface area contributed by atoms with Crippen molar-refractivity contribution >= 4 is 11.4 Å². The van der Waals surface area contributed by atoms with Gasteiger partial charge in [-0.05, 0) is 12.5 Å². The van der Waals surface area contributed by atoms with Crippen LogP contribution in [-0.2, 0) is 0 Å². The zero-order chi connectivity index (χ0) is 8.81. The third kappa shape index (κ3) is 2.39. The number of hydrogen-bond donors (Lipinski definition) is 3. The first-order valence-corrected chi connectivity index (χ1v) is 3.89. The number of nitrogen functional groups attached to an aromatic ring is 1. The van der Waals surface area contributed by atoms with Gasteiger partial charge in [0.1, 0.15) is 0 Å². The Morgan fingerprint density at radius 1 is 1.58 bits per heavy atom. The number of anilines is 2. The summed E-state index contributed by atoms with van der Waals surface area (Å²) in [5.74, 6) is 0. The van der Waals surface area contributed by atoms with Gasteiger partial charge in [-0.2, -0.15) is 0 Å². The van der Waals surface area contributed by atoms with E-state index in [2.05, 4.69) is 10.3 Å². The zero-order valence-corrected chi connectivity index (χ0v) is 6.83. The van der Waals surface area contributed by atoms with E-state index in [4.69, 9.17) is 10.8 Å². The SMILES string of the molecule is Nc1ccncc1NCCCO. The lowest BCUT2D eigenvalue weighted by Gasteiger charge is -2.06. The average molecular weight is 167 g/mol. The normalized spacial score (nSPS) is 9.75. The van der Waals surface area contributed by atoms with Crippen molar-refractivity contribution in [1.29, 1.82) is 0 Å². The van der Waals surface area contributed by atoms with Crippen LogP contribution in [0, 0.1) is 0 Å². The van der Waals surface area contributed by atoms with E-state index in [1.54, 1.807) is 18.5 Å². The van der Waals surface area contributed by atoms with Gasteiger partial charge >= 0.3 is 0 Å². The maximum absolute atomic E-state index is 8.53. The molecule has 0 saturated carbocycles. The van der Waals surface area contributed by atoms with Crippen LogP contribution >= 0.6 is 0 Å². The Morgan fingerprint density at radius 2 is 2.42 bits per heavy atom. The summed E-state index contributed by atoms with van der Waals surface area (Å²) in [6, 6.07) is 1.74. The number of aliphatic hydroxyl groups is 1. The van der Waals surface area contributed by atoms with Crippen molar-refractivity contribution < 1.29 is 5.11 Å². The first kappa shape index (κ1) is 8.80. The summed E-state index contributed by atoms with van der Waals surface area (Å²) < 4.78 is 0. The van der Waals surface area contributed by atoms with Gasteiger partial charge < -0.3 is 16.2 Å². The zero-order valence-electron chi connectivity index (χ0n) is 6.83. The summed E-state index contributed by atoms with van der Waals surface area (Å²) in [7, 11) is 0. The van der Waals surface area contributed by atoms with Gasteiger partial charge in [0.15, 0.2) is 0 Å². The minimum atomic E-state index is 0.188. The molecule has 0 aliphatic rings. The molecule has 0 unspecified atom stereocenters. The average Bonchev–Trinajstić information content (AvgIpc) is 2.09. The third-order valence-corrected chi connectivity index (χ3v) is 1.51. The van der Waals surface area contributed by atoms with Crippen molar-refractivity contribution in [1.82, 2.24) is 4.98 Å². The molecular formula is C8H13N3O. The summed E-state index contributed by atoms with van der Waals surface area (Å²) in [4.78, 5) is 3.92. The molecule has 0 fully saturated rings. The highest BCUT2D eigenvalue weighted by Gasteiger charge is 1.95. The van der Waals surface area contributed by atoms with Crippen LogP contribution in [0.15, 0.2) is 18.5 Å². The van der Waals surface area contributed by atoms with Gasteiger partial charge in [-0.25, -0.2) is 0 Å². The number of aromatic nitrogens is 1. The van der Waals surface area contributed by atoms with E-state index in [0.717, 1.165) is 5.69 Å². The van der Waals surface area contributed by atoms with Crippen LogP contribution in [0.3, 0.4) is 0 Å². The molecule has 1 rings (SSSR count). The number of nitrogens with zero attached hydrogens (tertiary/aromatic N) is 1. The standard InChI is InChI=1S/C8H13N3O/c9-7-2-4-10-6-8(7)11-3-1-5-12/h2,4,6,11-12H,1,3,5H2,(H2,9,10). The molecule has 0 bridgehead atoms. The highest BCUT2D eigenvalue weighted by Crippen LogP contribution is 2.14. The molecule has 0 amide bonds. The van der Waals surface area contributed by atoms with Crippen LogP contribution < -0.4 is 11.1 Å². The fourth-order valence-electron chi connectivity index (χ4n) is 0.855. The van der Waals surface area contributed by atoms with Crippen molar-refractivity contribution in [3.05, 3.63) is 18.5 Å². The molecule has 0 aliphatic carbocycles. The first-order valence-electron chi connectivity index (χ1n) is 3.89. The lowest BCUT2D eigenvalue weighted by molar-refractivity contribution is 0.292. The maximum Gasteiger partial charge on any atom is 0.0760 e. The van der Waals surface area contributed by atoms with E-state index in [0.29, 0.717) is 18.7 Å². The van der Waals surface area contributed by atoms with Gasteiger partial charge in [0.25, 0.3) is 0 Å². The molecule has 4 N–H and O–H groups in total. The second-order valence-electron chi connectivity index (χ2n) is 2.47. The van der Waals surface area contributed by atoms with Crippen molar-refractivity contribution in [2.45, 2.75) is 6.42 Å². The molecule has 0 aromatic carbocycles. The number of rotatable bonds is 4. The Bertz CT molecular complexity index is 239. The molecule has 4 nitrogen and oxygen atoms in total. The highest BCUT2D eigenvalue weighted by atomic mass is 16.3. The highest BCUT2D eigenvalue weighted by molar-refractivity contribution is 5.63. The lowest BCUT2D eigenvalue weighted by atomic mass is 10.3. The van der Waals surface area contributed by atoms with Crippen molar-refractivity contribution in [3.63, 3.8) is 0 Å². The smallest absolute Gasteiger partial charge is 0.0760 e. The molecule has 0 atom stereocenters. The molecule has 1 heterocycles. The minimum absolute atomic E-state index is 0.188.